The van der Waals surface area contributed by atoms with E-state index in [9.17, 15) is 9.00 Å². The molecule has 0 radical (unpaired) electrons. The van der Waals surface area contributed by atoms with Crippen molar-refractivity contribution in [3.05, 3.63) is 0 Å². The molecular weight excluding hydrogens is 128 g/mol. The van der Waals surface area contributed by atoms with Crippen molar-refractivity contribution in [2.45, 2.75) is 18.6 Å². The van der Waals surface area contributed by atoms with Crippen LogP contribution in [0.2, 0.25) is 0 Å². The third kappa shape index (κ3) is 2.87. The Morgan fingerprint density at radius 1 is 1.88 bits per heavy atom. The zero-order valence-corrected chi connectivity index (χ0v) is 5.35. The van der Waals surface area contributed by atoms with Crippen LogP contribution in [-0.2, 0) is 15.9 Å². The van der Waals surface area contributed by atoms with Gasteiger partial charge in [0, 0.05) is 6.42 Å². The molecule has 0 spiro atoms. The zero-order valence-electron chi connectivity index (χ0n) is 4.53. The zero-order chi connectivity index (χ0) is 6.57. The first-order chi connectivity index (χ1) is 3.68. The highest BCUT2D eigenvalue weighted by atomic mass is 32.2. The first-order valence-electron chi connectivity index (χ1n) is 2.21. The van der Waals surface area contributed by atoms with Crippen molar-refractivity contribution in [3.8, 4) is 0 Å². The summed E-state index contributed by atoms with van der Waals surface area (Å²) in [6.07, 6.45) is 0.794. The van der Waals surface area contributed by atoms with Crippen LogP contribution in [0.25, 0.3) is 0 Å². The van der Waals surface area contributed by atoms with Gasteiger partial charge in [-0.05, 0) is 6.92 Å². The van der Waals surface area contributed by atoms with Crippen LogP contribution in [-0.4, -0.2) is 20.3 Å². The summed E-state index contributed by atoms with van der Waals surface area (Å²) >= 11 is -1.84. The van der Waals surface area contributed by atoms with Crippen LogP contribution in [0.5, 0.6) is 0 Å². The van der Waals surface area contributed by atoms with Crippen molar-refractivity contribution in [2.24, 2.45) is 0 Å². The van der Waals surface area contributed by atoms with Crippen molar-refractivity contribution in [3.63, 3.8) is 0 Å². The molecule has 0 aromatic rings. The predicted molar refractivity (Wildman–Crippen MR) is 30.9 cm³/mol. The van der Waals surface area contributed by atoms with Gasteiger partial charge in [0.2, 0.25) is 0 Å². The molecule has 0 saturated heterocycles. The van der Waals surface area contributed by atoms with Crippen LogP contribution in [0, 0.1) is 0 Å². The second-order valence-electron chi connectivity index (χ2n) is 1.49. The molecule has 8 heavy (non-hydrogen) atoms. The summed E-state index contributed by atoms with van der Waals surface area (Å²) in [5.74, 6) is 0. The second kappa shape index (κ2) is 3.74. The average molecular weight is 136 g/mol. The lowest BCUT2D eigenvalue weighted by Crippen LogP contribution is -2.09. The lowest BCUT2D eigenvalue weighted by atomic mass is 10.4. The predicted octanol–water partition coefficient (Wildman–Crippen LogP) is 0.186. The first-order valence-corrected chi connectivity index (χ1v) is 3.38. The highest BCUT2D eigenvalue weighted by molar-refractivity contribution is 7.79. The van der Waals surface area contributed by atoms with Gasteiger partial charge in [-0.15, -0.1) is 0 Å². The molecule has 1 N–H and O–H groups in total. The molecule has 0 saturated carbocycles. The lowest BCUT2D eigenvalue weighted by molar-refractivity contribution is -0.107. The topological polar surface area (TPSA) is 54.4 Å². The van der Waals surface area contributed by atoms with Gasteiger partial charge in [-0.25, -0.2) is 4.21 Å². The fourth-order valence-electron chi connectivity index (χ4n) is 0.218. The van der Waals surface area contributed by atoms with Gasteiger partial charge < -0.3 is 9.35 Å². The van der Waals surface area contributed by atoms with Crippen molar-refractivity contribution in [2.75, 3.05) is 0 Å². The Hall–Kier alpha value is -0.220. The molecule has 0 fully saturated rings. The number of hydrogen-bond acceptors (Lipinski definition) is 2. The standard InChI is InChI=1S/C4H8O3S/c1-4(2-3-5)8(6)7/h3-4H,2H2,1H3,(H,6,7). The van der Waals surface area contributed by atoms with Crippen molar-refractivity contribution < 1.29 is 13.6 Å². The number of rotatable bonds is 3. The number of carbonyl (C=O) groups is 1. The Morgan fingerprint density at radius 2 is 2.38 bits per heavy atom. The lowest BCUT2D eigenvalue weighted by Gasteiger charge is -1.97. The maximum Gasteiger partial charge on any atom is 0.156 e. The molecule has 0 aliphatic heterocycles. The van der Waals surface area contributed by atoms with E-state index in [4.69, 9.17) is 4.55 Å². The summed E-state index contributed by atoms with van der Waals surface area (Å²) in [4.78, 5) is 9.67. The van der Waals surface area contributed by atoms with Gasteiger partial charge in [-0.3, -0.25) is 0 Å². The molecule has 48 valence electrons. The quantitative estimate of drug-likeness (QED) is 0.445. The minimum atomic E-state index is -1.84. The van der Waals surface area contributed by atoms with E-state index >= 15 is 0 Å². The molecule has 2 atom stereocenters. The van der Waals surface area contributed by atoms with Crippen molar-refractivity contribution >= 4 is 17.4 Å². The van der Waals surface area contributed by atoms with E-state index in [1.54, 1.807) is 6.92 Å². The third-order valence-electron chi connectivity index (χ3n) is 0.772. The smallest absolute Gasteiger partial charge is 0.156 e. The normalized spacial score (nSPS) is 17.2. The molecule has 0 amide bonds. The highest BCUT2D eigenvalue weighted by Gasteiger charge is 2.05. The van der Waals surface area contributed by atoms with Crippen LogP contribution >= 0.6 is 0 Å². The van der Waals surface area contributed by atoms with E-state index in [1.165, 1.54) is 0 Å². The number of carbonyl (C=O) groups excluding carboxylic acids is 1. The van der Waals surface area contributed by atoms with E-state index in [0.29, 0.717) is 6.29 Å². The van der Waals surface area contributed by atoms with Crippen molar-refractivity contribution in [1.29, 1.82) is 0 Å². The van der Waals surface area contributed by atoms with Gasteiger partial charge in [-0.2, -0.15) is 0 Å². The molecule has 0 aromatic carbocycles. The van der Waals surface area contributed by atoms with Gasteiger partial charge in [0.15, 0.2) is 11.1 Å². The molecule has 0 bridgehead atoms. The Balaban J connectivity index is 3.46. The summed E-state index contributed by atoms with van der Waals surface area (Å²) < 4.78 is 18.3. The van der Waals surface area contributed by atoms with Crippen LogP contribution in [0.15, 0.2) is 0 Å². The van der Waals surface area contributed by atoms with E-state index in [0.717, 1.165) is 0 Å². The second-order valence-corrected chi connectivity index (χ2v) is 2.85. The van der Waals surface area contributed by atoms with Gasteiger partial charge in [0.1, 0.15) is 6.29 Å². The maximum absolute atomic E-state index is 10.0. The van der Waals surface area contributed by atoms with Crippen LogP contribution in [0.3, 0.4) is 0 Å². The Kier molecular flexibility index (Phi) is 3.64. The first kappa shape index (κ1) is 7.78. The van der Waals surface area contributed by atoms with Gasteiger partial charge in [0.05, 0.1) is 5.25 Å². The summed E-state index contributed by atoms with van der Waals surface area (Å²) in [5.41, 5.74) is 0. The SMILES string of the molecule is CC(CC=O)S(=O)O. The fraction of sp³-hybridized carbons (Fsp3) is 0.750. The molecule has 3 nitrogen and oxygen atoms in total. The largest absolute Gasteiger partial charge is 0.306 e. The molecule has 4 heteroatoms. The molecule has 0 aliphatic rings. The van der Waals surface area contributed by atoms with Crippen molar-refractivity contribution in [1.82, 2.24) is 0 Å². The Labute approximate surface area is 50.4 Å². The average Bonchev–Trinajstić information content (AvgIpc) is 1.67. The summed E-state index contributed by atoms with van der Waals surface area (Å²) in [7, 11) is 0. The number of aldehydes is 1. The molecule has 0 aromatic heterocycles. The number of hydrogen-bond donors (Lipinski definition) is 1. The van der Waals surface area contributed by atoms with E-state index in [2.05, 4.69) is 0 Å². The Morgan fingerprint density at radius 3 is 2.50 bits per heavy atom. The van der Waals surface area contributed by atoms with E-state index in [1.807, 2.05) is 0 Å². The van der Waals surface area contributed by atoms with Gasteiger partial charge >= 0.3 is 0 Å². The van der Waals surface area contributed by atoms with Gasteiger partial charge in [-0.1, -0.05) is 0 Å². The van der Waals surface area contributed by atoms with Crippen LogP contribution in [0.4, 0.5) is 0 Å². The van der Waals surface area contributed by atoms with E-state index in [-0.39, 0.29) is 6.42 Å². The Bertz CT molecular complexity index is 101. The maximum atomic E-state index is 10.0. The van der Waals surface area contributed by atoms with Crippen LogP contribution < -0.4 is 0 Å². The summed E-state index contributed by atoms with van der Waals surface area (Å²) in [6, 6.07) is 0. The monoisotopic (exact) mass is 136 g/mol. The van der Waals surface area contributed by atoms with E-state index < -0.39 is 16.3 Å². The molecule has 0 aliphatic carbocycles. The minimum absolute atomic E-state index is 0.156. The van der Waals surface area contributed by atoms with Gasteiger partial charge in [0.25, 0.3) is 0 Å². The summed E-state index contributed by atoms with van der Waals surface area (Å²) in [5, 5.41) is -0.424. The van der Waals surface area contributed by atoms with Crippen LogP contribution in [0.1, 0.15) is 13.3 Å². The molecule has 2 unspecified atom stereocenters. The fourth-order valence-corrected chi connectivity index (χ4v) is 0.461. The molecular formula is C4H8O3S. The summed E-state index contributed by atoms with van der Waals surface area (Å²) in [6.45, 7) is 1.55. The third-order valence-corrected chi connectivity index (χ3v) is 1.65. The minimum Gasteiger partial charge on any atom is -0.306 e. The highest BCUT2D eigenvalue weighted by Crippen LogP contribution is 1.93. The molecule has 0 rings (SSSR count). The molecule has 0 heterocycles.